The van der Waals surface area contributed by atoms with Crippen LogP contribution in [0.15, 0.2) is 70.8 Å². The van der Waals surface area contributed by atoms with Crippen molar-refractivity contribution in [1.82, 2.24) is 10.4 Å². The van der Waals surface area contributed by atoms with Crippen LogP contribution in [-0.2, 0) is 5.75 Å². The molecule has 3 aromatic rings. The Hall–Kier alpha value is -2.66. The molecule has 1 heterocycles. The van der Waals surface area contributed by atoms with Gasteiger partial charge in [-0.2, -0.15) is 5.10 Å². The van der Waals surface area contributed by atoms with Crippen molar-refractivity contribution in [2.75, 3.05) is 0 Å². The summed E-state index contributed by atoms with van der Waals surface area (Å²) in [6, 6.07) is 18.0. The van der Waals surface area contributed by atoms with Gasteiger partial charge in [0.25, 0.3) is 5.91 Å². The second-order valence-electron chi connectivity index (χ2n) is 7.00. The summed E-state index contributed by atoms with van der Waals surface area (Å²) in [6.45, 7) is 0. The Morgan fingerprint density at radius 1 is 1.00 bits per heavy atom. The summed E-state index contributed by atoms with van der Waals surface area (Å²) in [5.41, 5.74) is 6.66. The van der Waals surface area contributed by atoms with Gasteiger partial charge in [0, 0.05) is 33.5 Å². The number of thioether (sulfide) groups is 1. The van der Waals surface area contributed by atoms with Gasteiger partial charge in [-0.1, -0.05) is 36.8 Å². The summed E-state index contributed by atoms with van der Waals surface area (Å²) in [5.74, 6) is 0.690. The number of amides is 1. The molecule has 0 radical (unpaired) electrons. The highest BCUT2D eigenvalue weighted by atomic mass is 32.2. The molecule has 1 saturated carbocycles. The van der Waals surface area contributed by atoms with Crippen LogP contribution in [0.2, 0.25) is 0 Å². The van der Waals surface area contributed by atoms with Crippen molar-refractivity contribution >= 4 is 34.3 Å². The normalized spacial score (nSPS) is 14.1. The third-order valence-corrected chi connectivity index (χ3v) is 6.07. The fraction of sp³-hybridized carbons (Fsp3) is 0.261. The first-order chi connectivity index (χ1) is 13.8. The van der Waals surface area contributed by atoms with Gasteiger partial charge in [-0.15, -0.1) is 11.8 Å². The Kier molecular flexibility index (Phi) is 6.02. The molecule has 142 valence electrons. The number of nitrogens with one attached hydrogen (secondary N) is 1. The fourth-order valence-electron chi connectivity index (χ4n) is 3.37. The molecule has 0 atom stereocenters. The number of hydrogen-bond acceptors (Lipinski definition) is 4. The topological polar surface area (TPSA) is 54.4 Å². The van der Waals surface area contributed by atoms with Crippen molar-refractivity contribution < 1.29 is 4.79 Å². The lowest BCUT2D eigenvalue weighted by molar-refractivity contribution is 0.0954. The van der Waals surface area contributed by atoms with E-state index in [1.807, 2.05) is 36.5 Å². The van der Waals surface area contributed by atoms with Gasteiger partial charge in [-0.25, -0.2) is 5.43 Å². The summed E-state index contributed by atoms with van der Waals surface area (Å²) in [7, 11) is 0. The van der Waals surface area contributed by atoms with E-state index in [1.54, 1.807) is 11.8 Å². The molecule has 0 unspecified atom stereocenters. The molecular formula is C23H23N3OS. The standard InChI is InChI=1S/C23H23N3OS/c27-23(26-25-20-8-2-1-3-9-20)19-13-11-17(12-14-19)16-28-21-10-4-6-18-7-5-15-24-22(18)21/h4-7,10-15H,1-3,8-9,16H2,(H,26,27). The highest BCUT2D eigenvalue weighted by Gasteiger charge is 2.09. The largest absolute Gasteiger partial charge is 0.271 e. The molecule has 4 rings (SSSR count). The molecular weight excluding hydrogens is 366 g/mol. The van der Waals surface area contributed by atoms with Gasteiger partial charge in [-0.05, 0) is 55.5 Å². The van der Waals surface area contributed by atoms with E-state index in [4.69, 9.17) is 0 Å². The summed E-state index contributed by atoms with van der Waals surface area (Å²) >= 11 is 1.76. The molecule has 2 aromatic carbocycles. The lowest BCUT2D eigenvalue weighted by atomic mass is 9.99. The zero-order valence-corrected chi connectivity index (χ0v) is 16.5. The van der Waals surface area contributed by atoms with Crippen molar-refractivity contribution in [1.29, 1.82) is 0 Å². The highest BCUT2D eigenvalue weighted by Crippen LogP contribution is 2.28. The first kappa shape index (κ1) is 18.7. The predicted octanol–water partition coefficient (Wildman–Crippen LogP) is 5.58. The summed E-state index contributed by atoms with van der Waals surface area (Å²) in [5, 5.41) is 5.44. The van der Waals surface area contributed by atoms with Gasteiger partial charge >= 0.3 is 0 Å². The Bertz CT molecular complexity index is 985. The Labute approximate surface area is 169 Å². The average molecular weight is 390 g/mol. The second-order valence-corrected chi connectivity index (χ2v) is 8.01. The maximum Gasteiger partial charge on any atom is 0.271 e. The SMILES string of the molecule is O=C(NN=C1CCCCC1)c1ccc(CSc2cccc3cccnc23)cc1. The van der Waals surface area contributed by atoms with Crippen LogP contribution in [0, 0.1) is 0 Å². The molecule has 0 saturated heterocycles. The van der Waals surface area contributed by atoms with Crippen LogP contribution in [0.25, 0.3) is 10.9 Å². The van der Waals surface area contributed by atoms with Crippen molar-refractivity contribution in [3.05, 3.63) is 71.9 Å². The molecule has 5 heteroatoms. The first-order valence-corrected chi connectivity index (χ1v) is 10.7. The summed E-state index contributed by atoms with van der Waals surface area (Å²) < 4.78 is 0. The fourth-order valence-corrected chi connectivity index (χ4v) is 4.37. The maximum absolute atomic E-state index is 12.3. The summed E-state index contributed by atoms with van der Waals surface area (Å²) in [6.07, 6.45) is 7.44. The minimum atomic E-state index is -0.143. The van der Waals surface area contributed by atoms with Crippen LogP contribution < -0.4 is 5.43 Å². The van der Waals surface area contributed by atoms with E-state index in [-0.39, 0.29) is 5.91 Å². The molecule has 4 nitrogen and oxygen atoms in total. The minimum absolute atomic E-state index is 0.143. The Morgan fingerprint density at radius 3 is 2.61 bits per heavy atom. The van der Waals surface area contributed by atoms with Crippen molar-refractivity contribution in [2.45, 2.75) is 42.8 Å². The van der Waals surface area contributed by atoms with E-state index in [2.05, 4.69) is 39.8 Å². The summed E-state index contributed by atoms with van der Waals surface area (Å²) in [4.78, 5) is 18.0. The van der Waals surface area contributed by atoms with E-state index >= 15 is 0 Å². The molecule has 1 aliphatic rings. The Balaban J connectivity index is 1.37. The monoisotopic (exact) mass is 389 g/mol. The van der Waals surface area contributed by atoms with Gasteiger partial charge in [0.15, 0.2) is 0 Å². The number of pyridine rings is 1. The van der Waals surface area contributed by atoms with Gasteiger partial charge in [0.05, 0.1) is 5.52 Å². The Morgan fingerprint density at radius 2 is 1.79 bits per heavy atom. The molecule has 28 heavy (non-hydrogen) atoms. The van der Waals surface area contributed by atoms with E-state index in [1.165, 1.54) is 29.7 Å². The molecule has 1 fully saturated rings. The quantitative estimate of drug-likeness (QED) is 0.458. The lowest BCUT2D eigenvalue weighted by Crippen LogP contribution is -2.20. The van der Waals surface area contributed by atoms with E-state index in [0.717, 1.165) is 35.2 Å². The molecule has 0 bridgehead atoms. The second kappa shape index (κ2) is 9.02. The number of carbonyl (C=O) groups excluding carboxylic acids is 1. The average Bonchev–Trinajstić information content (AvgIpc) is 2.77. The third-order valence-electron chi connectivity index (χ3n) is 4.95. The number of nitrogens with zero attached hydrogens (tertiary/aromatic N) is 2. The number of fused-ring (bicyclic) bond motifs is 1. The van der Waals surface area contributed by atoms with E-state index in [9.17, 15) is 4.79 Å². The number of hydrogen-bond donors (Lipinski definition) is 1. The van der Waals surface area contributed by atoms with Crippen LogP contribution >= 0.6 is 11.8 Å². The number of carbonyl (C=O) groups is 1. The van der Waals surface area contributed by atoms with Crippen molar-refractivity contribution in [2.24, 2.45) is 5.10 Å². The molecule has 1 amide bonds. The number of aromatic nitrogens is 1. The van der Waals surface area contributed by atoms with Crippen molar-refractivity contribution in [3.8, 4) is 0 Å². The van der Waals surface area contributed by atoms with Crippen LogP contribution in [-0.4, -0.2) is 16.6 Å². The number of benzene rings is 2. The zero-order chi connectivity index (χ0) is 19.2. The predicted molar refractivity (Wildman–Crippen MR) is 116 cm³/mol. The van der Waals surface area contributed by atoms with Crippen LogP contribution in [0.5, 0.6) is 0 Å². The molecule has 0 aliphatic heterocycles. The van der Waals surface area contributed by atoms with Gasteiger partial charge in [0.1, 0.15) is 0 Å². The highest BCUT2D eigenvalue weighted by molar-refractivity contribution is 7.98. The van der Waals surface area contributed by atoms with Crippen molar-refractivity contribution in [3.63, 3.8) is 0 Å². The van der Waals surface area contributed by atoms with Gasteiger partial charge < -0.3 is 0 Å². The van der Waals surface area contributed by atoms with Gasteiger partial charge in [0.2, 0.25) is 0 Å². The number of hydrazone groups is 1. The third kappa shape index (κ3) is 4.60. The molecule has 1 aromatic heterocycles. The lowest BCUT2D eigenvalue weighted by Gasteiger charge is -2.12. The molecule has 1 aliphatic carbocycles. The molecule has 1 N–H and O–H groups in total. The first-order valence-electron chi connectivity index (χ1n) is 9.71. The zero-order valence-electron chi connectivity index (χ0n) is 15.7. The smallest absolute Gasteiger partial charge is 0.267 e. The van der Waals surface area contributed by atoms with Crippen LogP contribution in [0.4, 0.5) is 0 Å². The van der Waals surface area contributed by atoms with E-state index in [0.29, 0.717) is 5.56 Å². The minimum Gasteiger partial charge on any atom is -0.267 e. The van der Waals surface area contributed by atoms with E-state index < -0.39 is 0 Å². The molecule has 0 spiro atoms. The van der Waals surface area contributed by atoms with Crippen LogP contribution in [0.1, 0.15) is 48.0 Å². The number of para-hydroxylation sites is 1. The van der Waals surface area contributed by atoms with Crippen LogP contribution in [0.3, 0.4) is 0 Å². The maximum atomic E-state index is 12.3. The number of rotatable bonds is 5. The van der Waals surface area contributed by atoms with Gasteiger partial charge in [-0.3, -0.25) is 9.78 Å².